The predicted octanol–water partition coefficient (Wildman–Crippen LogP) is 2.77. The third kappa shape index (κ3) is 2.48. The molecule has 1 amide bonds. The first kappa shape index (κ1) is 16.6. The molecule has 28 heavy (non-hydrogen) atoms. The van der Waals surface area contributed by atoms with Gasteiger partial charge in [0.2, 0.25) is 5.76 Å². The summed E-state index contributed by atoms with van der Waals surface area (Å²) in [6, 6.07) is 6.84. The van der Waals surface area contributed by atoms with Crippen molar-refractivity contribution in [3.8, 4) is 0 Å². The van der Waals surface area contributed by atoms with Crippen LogP contribution in [0.3, 0.4) is 0 Å². The fraction of sp³-hybridized carbons (Fsp3) is 0.222. The standard InChI is InChI=1S/C18H14F2N6O2/c19-17(20)14-16(28-9-23-14)18(27)25-6-4-11-13(22-8-21-11)15(25)12-7-10-3-1-2-5-26(10)24-12/h1-3,5,7-9,15,17H,4,6H2,(H,21,22)/t15-/m1/s1. The number of carbonyl (C=O) groups excluding carboxylic acids is 1. The maximum atomic E-state index is 13.2. The second-order valence-electron chi connectivity index (χ2n) is 6.42. The average Bonchev–Trinajstić information content (AvgIpc) is 3.44. The number of carbonyl (C=O) groups is 1. The molecule has 0 saturated heterocycles. The fourth-order valence-corrected chi connectivity index (χ4v) is 3.59. The maximum Gasteiger partial charge on any atom is 0.292 e. The molecule has 0 saturated carbocycles. The van der Waals surface area contributed by atoms with Crippen LogP contribution in [0, 0.1) is 0 Å². The third-order valence-electron chi connectivity index (χ3n) is 4.85. The lowest BCUT2D eigenvalue weighted by atomic mass is 9.99. The topological polar surface area (TPSA) is 92.3 Å². The van der Waals surface area contributed by atoms with E-state index in [2.05, 4.69) is 20.1 Å². The number of H-pyrrole nitrogens is 1. The number of oxazole rings is 1. The van der Waals surface area contributed by atoms with Crippen LogP contribution in [0.2, 0.25) is 0 Å². The molecule has 1 aliphatic heterocycles. The van der Waals surface area contributed by atoms with Crippen LogP contribution in [0.25, 0.3) is 5.52 Å². The van der Waals surface area contributed by atoms with Gasteiger partial charge in [-0.25, -0.2) is 23.3 Å². The molecule has 1 atom stereocenters. The second kappa shape index (κ2) is 6.25. The summed E-state index contributed by atoms with van der Waals surface area (Å²) in [5, 5.41) is 4.56. The van der Waals surface area contributed by atoms with Gasteiger partial charge in [0, 0.05) is 24.9 Å². The quantitative estimate of drug-likeness (QED) is 0.586. The van der Waals surface area contributed by atoms with Crippen LogP contribution in [-0.4, -0.2) is 41.9 Å². The summed E-state index contributed by atoms with van der Waals surface area (Å²) >= 11 is 0. The van der Waals surface area contributed by atoms with Crippen molar-refractivity contribution in [1.29, 1.82) is 0 Å². The molecule has 4 aromatic rings. The first-order chi connectivity index (χ1) is 13.6. The summed E-state index contributed by atoms with van der Waals surface area (Å²) < 4.78 is 33.1. The molecule has 8 nitrogen and oxygen atoms in total. The molecule has 5 rings (SSSR count). The summed E-state index contributed by atoms with van der Waals surface area (Å²) in [4.78, 5) is 25.5. The Bertz CT molecular complexity index is 1130. The SMILES string of the molecule is O=C(c1ocnc1C(F)F)N1CCc2[nH]cnc2[C@H]1c1cc2ccccn2n1. The van der Waals surface area contributed by atoms with E-state index in [1.54, 1.807) is 17.0 Å². The average molecular weight is 384 g/mol. The number of aromatic nitrogens is 5. The Labute approximate surface area is 156 Å². The summed E-state index contributed by atoms with van der Waals surface area (Å²) in [6.07, 6.45) is 1.82. The first-order valence-corrected chi connectivity index (χ1v) is 8.62. The Morgan fingerprint density at radius 1 is 1.32 bits per heavy atom. The first-order valence-electron chi connectivity index (χ1n) is 8.62. The Morgan fingerprint density at radius 3 is 3.04 bits per heavy atom. The maximum absolute atomic E-state index is 13.2. The van der Waals surface area contributed by atoms with E-state index in [4.69, 9.17) is 4.42 Å². The number of nitrogens with one attached hydrogen (secondary N) is 1. The van der Waals surface area contributed by atoms with E-state index in [1.807, 2.05) is 24.3 Å². The Balaban J connectivity index is 1.62. The Hall–Kier alpha value is -3.56. The number of fused-ring (bicyclic) bond motifs is 2. The number of amides is 1. The van der Waals surface area contributed by atoms with Crippen molar-refractivity contribution in [2.75, 3.05) is 6.54 Å². The van der Waals surface area contributed by atoms with Crippen LogP contribution in [0.4, 0.5) is 8.78 Å². The number of hydrogen-bond acceptors (Lipinski definition) is 5. The Morgan fingerprint density at radius 2 is 2.21 bits per heavy atom. The van der Waals surface area contributed by atoms with Gasteiger partial charge in [0.1, 0.15) is 6.04 Å². The predicted molar refractivity (Wildman–Crippen MR) is 91.8 cm³/mol. The molecule has 0 radical (unpaired) electrons. The smallest absolute Gasteiger partial charge is 0.292 e. The number of aromatic amines is 1. The van der Waals surface area contributed by atoms with Gasteiger partial charge in [0.15, 0.2) is 12.1 Å². The van der Waals surface area contributed by atoms with Crippen LogP contribution in [0.1, 0.15) is 45.8 Å². The summed E-state index contributed by atoms with van der Waals surface area (Å²) in [6.45, 7) is 0.302. The molecule has 0 aromatic carbocycles. The number of imidazole rings is 1. The van der Waals surface area contributed by atoms with Crippen LogP contribution in [0.5, 0.6) is 0 Å². The number of alkyl halides is 2. The number of hydrogen-bond donors (Lipinski definition) is 1. The van der Waals surface area contributed by atoms with Gasteiger partial charge in [0.25, 0.3) is 12.3 Å². The van der Waals surface area contributed by atoms with Crippen LogP contribution in [0.15, 0.2) is 47.6 Å². The number of rotatable bonds is 3. The summed E-state index contributed by atoms with van der Waals surface area (Å²) in [7, 11) is 0. The van der Waals surface area contributed by atoms with Crippen molar-refractivity contribution in [1.82, 2.24) is 29.5 Å². The lowest BCUT2D eigenvalue weighted by Gasteiger charge is -2.33. The van der Waals surface area contributed by atoms with Crippen molar-refractivity contribution in [3.63, 3.8) is 0 Å². The zero-order valence-corrected chi connectivity index (χ0v) is 14.4. The van der Waals surface area contributed by atoms with E-state index >= 15 is 0 Å². The highest BCUT2D eigenvalue weighted by atomic mass is 19.3. The highest BCUT2D eigenvalue weighted by Gasteiger charge is 2.39. The largest absolute Gasteiger partial charge is 0.438 e. The van der Waals surface area contributed by atoms with E-state index in [9.17, 15) is 13.6 Å². The molecule has 0 unspecified atom stereocenters. The normalized spacial score (nSPS) is 16.7. The molecule has 1 N–H and O–H groups in total. The minimum Gasteiger partial charge on any atom is -0.438 e. The summed E-state index contributed by atoms with van der Waals surface area (Å²) in [5.41, 5.74) is 2.30. The Kier molecular flexibility index (Phi) is 3.71. The molecule has 10 heteroatoms. The minimum atomic E-state index is -2.91. The van der Waals surface area contributed by atoms with Crippen LogP contribution < -0.4 is 0 Å². The van der Waals surface area contributed by atoms with E-state index in [0.717, 1.165) is 17.6 Å². The van der Waals surface area contributed by atoms with Gasteiger partial charge < -0.3 is 14.3 Å². The molecule has 0 aliphatic carbocycles. The van der Waals surface area contributed by atoms with E-state index < -0.39 is 29.8 Å². The molecule has 0 spiro atoms. The van der Waals surface area contributed by atoms with Gasteiger partial charge >= 0.3 is 0 Å². The molecule has 0 fully saturated rings. The molecule has 1 aliphatic rings. The van der Waals surface area contributed by atoms with E-state index in [1.165, 1.54) is 4.90 Å². The molecular formula is C18H14F2N6O2. The number of halogens is 2. The van der Waals surface area contributed by atoms with Crippen molar-refractivity contribution >= 4 is 11.4 Å². The van der Waals surface area contributed by atoms with Gasteiger partial charge in [-0.05, 0) is 18.2 Å². The van der Waals surface area contributed by atoms with Gasteiger partial charge in [-0.15, -0.1) is 0 Å². The lowest BCUT2D eigenvalue weighted by Crippen LogP contribution is -2.41. The van der Waals surface area contributed by atoms with Crippen molar-refractivity contribution < 1.29 is 18.0 Å². The van der Waals surface area contributed by atoms with Crippen molar-refractivity contribution in [2.45, 2.75) is 18.9 Å². The lowest BCUT2D eigenvalue weighted by molar-refractivity contribution is 0.0639. The minimum absolute atomic E-state index is 0.302. The zero-order valence-electron chi connectivity index (χ0n) is 14.4. The van der Waals surface area contributed by atoms with Crippen molar-refractivity contribution in [3.05, 3.63) is 71.7 Å². The van der Waals surface area contributed by atoms with E-state index in [0.29, 0.717) is 24.4 Å². The zero-order chi connectivity index (χ0) is 19.3. The third-order valence-corrected chi connectivity index (χ3v) is 4.85. The number of pyridine rings is 1. The van der Waals surface area contributed by atoms with Crippen LogP contribution >= 0.6 is 0 Å². The summed E-state index contributed by atoms with van der Waals surface area (Å²) in [5.74, 6) is -1.12. The van der Waals surface area contributed by atoms with Gasteiger partial charge in [-0.3, -0.25) is 4.79 Å². The molecule has 4 aromatic heterocycles. The fourth-order valence-electron chi connectivity index (χ4n) is 3.59. The monoisotopic (exact) mass is 384 g/mol. The molecule has 0 bridgehead atoms. The molecule has 142 valence electrons. The molecular weight excluding hydrogens is 370 g/mol. The number of nitrogens with zero attached hydrogens (tertiary/aromatic N) is 5. The second-order valence-corrected chi connectivity index (χ2v) is 6.42. The van der Waals surface area contributed by atoms with Gasteiger partial charge in [0.05, 0.1) is 23.2 Å². The van der Waals surface area contributed by atoms with Crippen LogP contribution in [-0.2, 0) is 6.42 Å². The van der Waals surface area contributed by atoms with Gasteiger partial charge in [-0.1, -0.05) is 6.07 Å². The van der Waals surface area contributed by atoms with Crippen molar-refractivity contribution in [2.24, 2.45) is 0 Å². The highest BCUT2D eigenvalue weighted by molar-refractivity contribution is 5.93. The van der Waals surface area contributed by atoms with E-state index in [-0.39, 0.29) is 0 Å². The highest BCUT2D eigenvalue weighted by Crippen LogP contribution is 2.35. The molecule has 5 heterocycles. The van der Waals surface area contributed by atoms with Gasteiger partial charge in [-0.2, -0.15) is 5.10 Å².